The van der Waals surface area contributed by atoms with Crippen molar-refractivity contribution in [2.24, 2.45) is 5.41 Å². The minimum absolute atomic E-state index is 0.0813. The molecule has 0 fully saturated rings. The molecule has 0 amide bonds. The summed E-state index contributed by atoms with van der Waals surface area (Å²) in [5.74, 6) is 0.990. The Kier molecular flexibility index (Phi) is 7.98. The van der Waals surface area contributed by atoms with Crippen molar-refractivity contribution >= 4 is 33.1 Å². The molecule has 1 aliphatic rings. The van der Waals surface area contributed by atoms with E-state index >= 15 is 4.79 Å². The molecule has 2 heterocycles. The molecule has 6 aromatic rings. The summed E-state index contributed by atoms with van der Waals surface area (Å²) in [5, 5.41) is 4.82. The number of carbonyl (C=O) groups excluding carboxylic acids is 1. The van der Waals surface area contributed by atoms with Gasteiger partial charge in [-0.15, -0.1) is 0 Å². The first-order chi connectivity index (χ1) is 22.9. The Morgan fingerprint density at radius 2 is 1.17 bits per heavy atom. The van der Waals surface area contributed by atoms with E-state index in [4.69, 9.17) is 4.98 Å². The number of anilines is 1. The Hall–Kier alpha value is -4.76. The Morgan fingerprint density at radius 3 is 1.71 bits per heavy atom. The summed E-state index contributed by atoms with van der Waals surface area (Å²) in [6.45, 7) is 14.6. The van der Waals surface area contributed by atoms with Crippen LogP contribution in [0.15, 0.2) is 121 Å². The van der Waals surface area contributed by atoms with E-state index in [1.54, 1.807) is 0 Å². The van der Waals surface area contributed by atoms with Crippen LogP contribution in [0.5, 0.6) is 0 Å². The largest absolute Gasteiger partial charge is 0.351 e. The van der Waals surface area contributed by atoms with Gasteiger partial charge in [0.15, 0.2) is 5.78 Å². The number of nitrogens with zero attached hydrogens (tertiary/aromatic N) is 2. The summed E-state index contributed by atoms with van der Waals surface area (Å²) in [5.41, 5.74) is 5.90. The van der Waals surface area contributed by atoms with Crippen LogP contribution in [-0.4, -0.2) is 17.3 Å². The van der Waals surface area contributed by atoms with Crippen LogP contribution in [0, 0.1) is 5.41 Å². The van der Waals surface area contributed by atoms with E-state index in [-0.39, 0.29) is 16.6 Å². The molecule has 0 aliphatic carbocycles. The minimum Gasteiger partial charge on any atom is -0.351 e. The molecule has 3 heteroatoms. The number of benzene rings is 5. The van der Waals surface area contributed by atoms with Crippen LogP contribution < -0.4 is 4.90 Å². The van der Waals surface area contributed by atoms with Gasteiger partial charge >= 0.3 is 0 Å². The average molecular weight is 631 g/mol. The molecular weight excluding hydrogens is 585 g/mol. The molecule has 242 valence electrons. The van der Waals surface area contributed by atoms with Crippen LogP contribution in [0.1, 0.15) is 79.8 Å². The summed E-state index contributed by atoms with van der Waals surface area (Å²) in [6, 6.07) is 43.3. The Labute approximate surface area is 285 Å². The second-order valence-electron chi connectivity index (χ2n) is 15.9. The van der Waals surface area contributed by atoms with E-state index in [2.05, 4.69) is 168 Å². The lowest BCUT2D eigenvalue weighted by molar-refractivity contribution is 0.0782. The molecule has 0 N–H and O–H groups in total. The number of pyridine rings is 1. The monoisotopic (exact) mass is 630 g/mol. The van der Waals surface area contributed by atoms with Gasteiger partial charge in [-0.2, -0.15) is 0 Å². The van der Waals surface area contributed by atoms with Gasteiger partial charge in [0.2, 0.25) is 0 Å². The molecule has 0 saturated carbocycles. The SMILES string of the molecule is CC(C)(C)c1ccc(CN2CC(Cc3cccc4ccccc34)(Cc3cccc4ccccc34)C(=O)c3ccc(C(C)(C)C)nc32)cc1. The van der Waals surface area contributed by atoms with E-state index in [1.165, 1.54) is 43.8 Å². The lowest BCUT2D eigenvalue weighted by Gasteiger charge is -2.44. The van der Waals surface area contributed by atoms with Gasteiger partial charge in [0.25, 0.3) is 0 Å². The van der Waals surface area contributed by atoms with Crippen molar-refractivity contribution in [3.05, 3.63) is 155 Å². The zero-order chi connectivity index (χ0) is 33.7. The number of ketones is 1. The van der Waals surface area contributed by atoms with Crippen molar-refractivity contribution < 1.29 is 4.79 Å². The second-order valence-corrected chi connectivity index (χ2v) is 15.9. The fourth-order valence-corrected chi connectivity index (χ4v) is 7.50. The Balaban J connectivity index is 1.41. The zero-order valence-electron chi connectivity index (χ0n) is 29.2. The van der Waals surface area contributed by atoms with Crippen molar-refractivity contribution in [3.8, 4) is 0 Å². The lowest BCUT2D eigenvalue weighted by atomic mass is 9.68. The van der Waals surface area contributed by atoms with E-state index in [0.29, 0.717) is 25.9 Å². The van der Waals surface area contributed by atoms with Crippen LogP contribution in [0.25, 0.3) is 21.5 Å². The Morgan fingerprint density at radius 1 is 0.625 bits per heavy atom. The molecule has 7 rings (SSSR count). The van der Waals surface area contributed by atoms with Crippen LogP contribution in [0.4, 0.5) is 5.82 Å². The predicted octanol–water partition coefficient (Wildman–Crippen LogP) is 10.7. The Bertz CT molecular complexity index is 2040. The van der Waals surface area contributed by atoms with Crippen molar-refractivity contribution in [1.82, 2.24) is 4.98 Å². The summed E-state index contributed by atoms with van der Waals surface area (Å²) in [7, 11) is 0. The number of carbonyl (C=O) groups is 1. The fourth-order valence-electron chi connectivity index (χ4n) is 7.50. The average Bonchev–Trinajstić information content (AvgIpc) is 3.07. The van der Waals surface area contributed by atoms with Gasteiger partial charge in [0, 0.05) is 24.2 Å². The summed E-state index contributed by atoms with van der Waals surface area (Å²) >= 11 is 0. The lowest BCUT2D eigenvalue weighted by Crippen LogP contribution is -2.51. The van der Waals surface area contributed by atoms with Gasteiger partial charge in [0.1, 0.15) is 5.82 Å². The molecular formula is C45H46N2O. The highest BCUT2D eigenvalue weighted by atomic mass is 16.1. The fraction of sp³-hybridized carbons (Fsp3) is 0.289. The van der Waals surface area contributed by atoms with Crippen molar-refractivity contribution in [1.29, 1.82) is 0 Å². The zero-order valence-corrected chi connectivity index (χ0v) is 29.2. The second kappa shape index (κ2) is 12.0. The van der Waals surface area contributed by atoms with Crippen molar-refractivity contribution in [2.75, 3.05) is 11.4 Å². The molecule has 0 radical (unpaired) electrons. The predicted molar refractivity (Wildman–Crippen MR) is 201 cm³/mol. The van der Waals surface area contributed by atoms with E-state index in [0.717, 1.165) is 17.1 Å². The van der Waals surface area contributed by atoms with Crippen molar-refractivity contribution in [2.45, 2.75) is 71.8 Å². The molecule has 0 bridgehead atoms. The van der Waals surface area contributed by atoms with Gasteiger partial charge in [-0.3, -0.25) is 4.79 Å². The minimum atomic E-state index is -0.711. The van der Waals surface area contributed by atoms with Gasteiger partial charge in [-0.1, -0.05) is 151 Å². The van der Waals surface area contributed by atoms with Gasteiger partial charge < -0.3 is 4.90 Å². The molecule has 3 nitrogen and oxygen atoms in total. The molecule has 0 atom stereocenters. The van der Waals surface area contributed by atoms with Crippen molar-refractivity contribution in [3.63, 3.8) is 0 Å². The number of hydrogen-bond acceptors (Lipinski definition) is 3. The smallest absolute Gasteiger partial charge is 0.175 e. The molecule has 48 heavy (non-hydrogen) atoms. The third-order valence-electron chi connectivity index (χ3n) is 10.2. The standard InChI is InChI=1S/C45H46N2O/c1-43(2,3)36-23-21-31(22-24-36)29-47-30-45(27-34-17-11-15-32-13-7-9-19-37(32)34,28-35-18-12-16-33-14-8-10-20-38(33)35)41(48)39-25-26-40(44(4,5)6)46-42(39)47/h7-26H,27-30H2,1-6H3. The molecule has 0 unspecified atom stereocenters. The van der Waals surface area contributed by atoms with Crippen LogP contribution in [-0.2, 0) is 30.2 Å². The van der Waals surface area contributed by atoms with E-state index < -0.39 is 5.41 Å². The number of aromatic nitrogens is 1. The van der Waals surface area contributed by atoms with Gasteiger partial charge in [0.05, 0.1) is 11.0 Å². The number of rotatable bonds is 6. The first-order valence-electron chi connectivity index (χ1n) is 17.3. The highest BCUT2D eigenvalue weighted by Crippen LogP contribution is 2.44. The van der Waals surface area contributed by atoms with Crippen LogP contribution in [0.2, 0.25) is 0 Å². The molecule has 0 saturated heterocycles. The summed E-state index contributed by atoms with van der Waals surface area (Å²) < 4.78 is 0. The number of Topliss-reactive ketones (excluding diaryl/α,β-unsaturated/α-hetero) is 1. The first kappa shape index (κ1) is 31.8. The quantitative estimate of drug-likeness (QED) is 0.184. The third kappa shape index (κ3) is 6.03. The molecule has 0 spiro atoms. The summed E-state index contributed by atoms with van der Waals surface area (Å²) in [6.07, 6.45) is 1.27. The molecule has 1 aliphatic heterocycles. The molecule has 1 aromatic heterocycles. The van der Waals surface area contributed by atoms with Gasteiger partial charge in [-0.25, -0.2) is 4.98 Å². The summed E-state index contributed by atoms with van der Waals surface area (Å²) in [4.78, 5) is 22.9. The van der Waals surface area contributed by atoms with Crippen LogP contribution in [0.3, 0.4) is 0 Å². The van der Waals surface area contributed by atoms with Gasteiger partial charge in [-0.05, 0) is 74.2 Å². The third-order valence-corrected chi connectivity index (χ3v) is 10.2. The first-order valence-corrected chi connectivity index (χ1v) is 17.3. The maximum Gasteiger partial charge on any atom is 0.175 e. The topological polar surface area (TPSA) is 33.2 Å². The molecule has 5 aromatic carbocycles. The number of fused-ring (bicyclic) bond motifs is 3. The van der Waals surface area contributed by atoms with Crippen LogP contribution >= 0.6 is 0 Å². The maximum absolute atomic E-state index is 15.3. The van der Waals surface area contributed by atoms with E-state index in [9.17, 15) is 0 Å². The highest BCUT2D eigenvalue weighted by molar-refractivity contribution is 6.07. The normalized spacial score (nSPS) is 14.8. The maximum atomic E-state index is 15.3. The number of hydrogen-bond donors (Lipinski definition) is 0. The van der Waals surface area contributed by atoms with E-state index in [1.807, 2.05) is 0 Å². The highest BCUT2D eigenvalue weighted by Gasteiger charge is 2.47.